The number of likely N-dealkylation sites (tertiary alicyclic amines) is 2. The predicted molar refractivity (Wildman–Crippen MR) is 86.5 cm³/mol. The molecule has 0 aliphatic carbocycles. The number of rotatable bonds is 4. The van der Waals surface area contributed by atoms with Gasteiger partial charge in [0.05, 0.1) is 12.5 Å². The van der Waals surface area contributed by atoms with Crippen molar-refractivity contribution in [3.05, 3.63) is 22.4 Å². The van der Waals surface area contributed by atoms with Crippen LogP contribution < -0.4 is 0 Å². The highest BCUT2D eigenvalue weighted by atomic mass is 32.1. The lowest BCUT2D eigenvalue weighted by Crippen LogP contribution is -2.49. The minimum Gasteiger partial charge on any atom is -0.347 e. The summed E-state index contributed by atoms with van der Waals surface area (Å²) in [6, 6.07) is 4.22. The fourth-order valence-electron chi connectivity index (χ4n) is 3.41. The van der Waals surface area contributed by atoms with Crippen molar-refractivity contribution in [2.75, 3.05) is 40.3 Å². The van der Waals surface area contributed by atoms with E-state index in [0.717, 1.165) is 26.1 Å². The van der Waals surface area contributed by atoms with Gasteiger partial charge in [0.2, 0.25) is 11.8 Å². The normalized spacial score (nSPS) is 25.4. The molecule has 2 amide bonds. The fourth-order valence-corrected chi connectivity index (χ4v) is 4.16. The molecule has 0 saturated carbocycles. The van der Waals surface area contributed by atoms with Crippen molar-refractivity contribution in [2.45, 2.75) is 13.0 Å². The second-order valence-corrected chi connectivity index (χ2v) is 7.51. The van der Waals surface area contributed by atoms with E-state index in [2.05, 4.69) is 22.4 Å². The van der Waals surface area contributed by atoms with Crippen LogP contribution in [0.1, 0.15) is 11.3 Å². The number of likely N-dealkylation sites (N-methyl/N-ethyl adjacent to an activating group) is 1. The molecular weight excluding hydrogens is 298 g/mol. The van der Waals surface area contributed by atoms with E-state index in [1.54, 1.807) is 35.2 Å². The summed E-state index contributed by atoms with van der Waals surface area (Å²) < 4.78 is 0. The first-order valence-electron chi connectivity index (χ1n) is 7.78. The molecule has 0 bridgehead atoms. The maximum absolute atomic E-state index is 12.6. The molecule has 5 nitrogen and oxygen atoms in total. The first-order valence-corrected chi connectivity index (χ1v) is 8.66. The molecule has 22 heavy (non-hydrogen) atoms. The fraction of sp³-hybridized carbons (Fsp3) is 0.625. The van der Waals surface area contributed by atoms with Crippen LogP contribution in [0.25, 0.3) is 0 Å². The number of piperidine rings is 1. The van der Waals surface area contributed by atoms with Crippen molar-refractivity contribution in [1.82, 2.24) is 14.7 Å². The third-order valence-corrected chi connectivity index (χ3v) is 5.56. The summed E-state index contributed by atoms with van der Waals surface area (Å²) in [7, 11) is 3.47. The molecule has 2 aliphatic rings. The number of carbonyl (C=O) groups is 2. The van der Waals surface area contributed by atoms with Crippen molar-refractivity contribution >= 4 is 23.2 Å². The minimum atomic E-state index is 0.000221. The topological polar surface area (TPSA) is 43.9 Å². The maximum atomic E-state index is 12.6. The van der Waals surface area contributed by atoms with Crippen molar-refractivity contribution in [3.63, 3.8) is 0 Å². The number of hydrogen-bond acceptors (Lipinski definition) is 4. The van der Waals surface area contributed by atoms with Gasteiger partial charge in [0.1, 0.15) is 0 Å². The Kier molecular flexibility index (Phi) is 4.49. The molecule has 120 valence electrons. The lowest BCUT2D eigenvalue weighted by atomic mass is 9.88. The van der Waals surface area contributed by atoms with Gasteiger partial charge in [0.15, 0.2) is 0 Å². The molecule has 0 unspecified atom stereocenters. The number of nitrogens with zero attached hydrogens (tertiary/aromatic N) is 3. The van der Waals surface area contributed by atoms with Crippen molar-refractivity contribution in [1.29, 1.82) is 0 Å². The van der Waals surface area contributed by atoms with Crippen LogP contribution in [0.3, 0.4) is 0 Å². The van der Waals surface area contributed by atoms with Crippen LogP contribution in [0.4, 0.5) is 0 Å². The zero-order valence-electron chi connectivity index (χ0n) is 13.2. The summed E-state index contributed by atoms with van der Waals surface area (Å²) >= 11 is 1.77. The largest absolute Gasteiger partial charge is 0.347 e. The Hall–Kier alpha value is -1.40. The SMILES string of the molecule is CN(C)C(=O)CN1CC[C@@H]2CN(Cc3cccs3)C[C@H]2C1=O. The zero-order chi connectivity index (χ0) is 15.7. The molecule has 2 saturated heterocycles. The van der Waals surface area contributed by atoms with Gasteiger partial charge in [-0.15, -0.1) is 11.3 Å². The van der Waals surface area contributed by atoms with Crippen LogP contribution in [0, 0.1) is 11.8 Å². The summed E-state index contributed by atoms with van der Waals surface area (Å²) in [5.74, 6) is 0.696. The Balaban J connectivity index is 1.60. The van der Waals surface area contributed by atoms with Crippen molar-refractivity contribution in [3.8, 4) is 0 Å². The summed E-state index contributed by atoms with van der Waals surface area (Å²) in [5.41, 5.74) is 0. The van der Waals surface area contributed by atoms with E-state index in [1.807, 2.05) is 0 Å². The van der Waals surface area contributed by atoms with Crippen molar-refractivity contribution < 1.29 is 9.59 Å². The van der Waals surface area contributed by atoms with Crippen LogP contribution in [0.2, 0.25) is 0 Å². The molecule has 0 radical (unpaired) electrons. The number of hydrogen-bond donors (Lipinski definition) is 0. The Morgan fingerprint density at radius 1 is 1.41 bits per heavy atom. The van der Waals surface area contributed by atoms with Gasteiger partial charge in [-0.2, -0.15) is 0 Å². The van der Waals surface area contributed by atoms with Crippen LogP contribution in [-0.2, 0) is 16.1 Å². The molecule has 3 rings (SSSR count). The second-order valence-electron chi connectivity index (χ2n) is 6.48. The van der Waals surface area contributed by atoms with Gasteiger partial charge >= 0.3 is 0 Å². The van der Waals surface area contributed by atoms with Crippen LogP contribution in [0.5, 0.6) is 0 Å². The Morgan fingerprint density at radius 2 is 2.23 bits per heavy atom. The second kappa shape index (κ2) is 6.38. The Labute approximate surface area is 135 Å². The maximum Gasteiger partial charge on any atom is 0.241 e. The van der Waals surface area contributed by atoms with Crippen molar-refractivity contribution in [2.24, 2.45) is 11.8 Å². The van der Waals surface area contributed by atoms with Gasteiger partial charge < -0.3 is 9.80 Å². The average molecular weight is 321 g/mol. The quantitative estimate of drug-likeness (QED) is 0.835. The molecule has 2 fully saturated rings. The van der Waals surface area contributed by atoms with E-state index in [1.165, 1.54) is 4.88 Å². The van der Waals surface area contributed by atoms with Gasteiger partial charge in [-0.1, -0.05) is 6.07 Å². The third kappa shape index (κ3) is 3.17. The van der Waals surface area contributed by atoms with Crippen LogP contribution >= 0.6 is 11.3 Å². The minimum absolute atomic E-state index is 0.000221. The van der Waals surface area contributed by atoms with Gasteiger partial charge in [0.25, 0.3) is 0 Å². The van der Waals surface area contributed by atoms with E-state index in [9.17, 15) is 9.59 Å². The molecule has 1 aromatic heterocycles. The number of amides is 2. The monoisotopic (exact) mass is 321 g/mol. The summed E-state index contributed by atoms with van der Waals surface area (Å²) in [4.78, 5) is 31.5. The molecule has 2 aliphatic heterocycles. The highest BCUT2D eigenvalue weighted by Crippen LogP contribution is 2.33. The zero-order valence-corrected chi connectivity index (χ0v) is 14.0. The third-order valence-electron chi connectivity index (χ3n) is 4.70. The van der Waals surface area contributed by atoms with E-state index >= 15 is 0 Å². The number of fused-ring (bicyclic) bond motifs is 1. The summed E-state index contributed by atoms with van der Waals surface area (Å²) in [6.45, 7) is 3.71. The van der Waals surface area contributed by atoms with Gasteiger partial charge in [0, 0.05) is 45.2 Å². The summed E-state index contributed by atoms with van der Waals surface area (Å²) in [6.07, 6.45) is 1.01. The molecule has 0 N–H and O–H groups in total. The van der Waals surface area contributed by atoms with E-state index in [-0.39, 0.29) is 24.3 Å². The lowest BCUT2D eigenvalue weighted by Gasteiger charge is -2.34. The Morgan fingerprint density at radius 3 is 2.91 bits per heavy atom. The number of carbonyl (C=O) groups excluding carboxylic acids is 2. The first kappa shape index (κ1) is 15.5. The molecule has 3 heterocycles. The standard InChI is InChI=1S/C16H23N3O2S/c1-17(2)15(20)11-19-6-5-12-8-18(10-14(12)16(19)21)9-13-4-3-7-22-13/h3-4,7,12,14H,5-6,8-11H2,1-2H3/t12-,14-/m1/s1. The van der Waals surface area contributed by atoms with Gasteiger partial charge in [-0.05, 0) is 23.8 Å². The molecule has 6 heteroatoms. The smallest absolute Gasteiger partial charge is 0.241 e. The summed E-state index contributed by atoms with van der Waals surface area (Å²) in [5, 5.41) is 2.10. The Bertz CT molecular complexity index is 544. The van der Waals surface area contributed by atoms with E-state index in [0.29, 0.717) is 12.5 Å². The van der Waals surface area contributed by atoms with E-state index < -0.39 is 0 Å². The number of thiophene rings is 1. The van der Waals surface area contributed by atoms with Crippen LogP contribution in [0.15, 0.2) is 17.5 Å². The molecule has 1 aromatic rings. The molecule has 2 atom stereocenters. The average Bonchev–Trinajstić information content (AvgIpc) is 3.11. The van der Waals surface area contributed by atoms with Gasteiger partial charge in [-0.25, -0.2) is 0 Å². The van der Waals surface area contributed by atoms with Gasteiger partial charge in [-0.3, -0.25) is 14.5 Å². The highest BCUT2D eigenvalue weighted by molar-refractivity contribution is 7.09. The lowest BCUT2D eigenvalue weighted by molar-refractivity contribution is -0.145. The molecule has 0 spiro atoms. The predicted octanol–water partition coefficient (Wildman–Crippen LogP) is 1.12. The first-order chi connectivity index (χ1) is 10.5. The van der Waals surface area contributed by atoms with Crippen LogP contribution in [-0.4, -0.2) is 66.8 Å². The van der Waals surface area contributed by atoms with E-state index in [4.69, 9.17) is 0 Å². The molecule has 0 aromatic carbocycles. The highest BCUT2D eigenvalue weighted by Gasteiger charge is 2.43. The molecular formula is C16H23N3O2S.